The highest BCUT2D eigenvalue weighted by atomic mass is 35.5. The molecule has 1 heterocycles. The average Bonchev–Trinajstić information content (AvgIpc) is 2.91. The van der Waals surface area contributed by atoms with E-state index in [0.29, 0.717) is 26.9 Å². The van der Waals surface area contributed by atoms with E-state index >= 15 is 0 Å². The van der Waals surface area contributed by atoms with E-state index < -0.39 is 5.97 Å². The van der Waals surface area contributed by atoms with E-state index in [9.17, 15) is 4.79 Å². The monoisotopic (exact) mass is 347 g/mol. The van der Waals surface area contributed by atoms with Gasteiger partial charge in [-0.2, -0.15) is 0 Å². The lowest BCUT2D eigenvalue weighted by Crippen LogP contribution is -2.06. The van der Waals surface area contributed by atoms with Gasteiger partial charge in [0.1, 0.15) is 5.75 Å². The minimum absolute atomic E-state index is 0.162. The minimum atomic E-state index is -0.545. The van der Waals surface area contributed by atoms with E-state index in [1.807, 2.05) is 12.1 Å². The summed E-state index contributed by atoms with van der Waals surface area (Å²) in [7, 11) is 1.54. The van der Waals surface area contributed by atoms with Crippen LogP contribution in [0.4, 0.5) is 0 Å². The normalized spacial score (nSPS) is 15.5. The van der Waals surface area contributed by atoms with Crippen molar-refractivity contribution in [1.82, 2.24) is 0 Å². The van der Waals surface area contributed by atoms with E-state index in [4.69, 9.17) is 32.7 Å². The molecule has 23 heavy (non-hydrogen) atoms. The lowest BCUT2D eigenvalue weighted by Gasteiger charge is -2.05. The summed E-state index contributed by atoms with van der Waals surface area (Å²) in [5.41, 5.74) is 1.40. The number of ether oxygens (including phenoxy) is 2. The van der Waals surface area contributed by atoms with Gasteiger partial charge >= 0.3 is 5.97 Å². The van der Waals surface area contributed by atoms with Crippen LogP contribution in [-0.2, 0) is 9.53 Å². The predicted octanol–water partition coefficient (Wildman–Crippen LogP) is 4.35. The third-order valence-corrected chi connectivity index (χ3v) is 3.78. The first-order valence-corrected chi connectivity index (χ1v) is 7.45. The molecule has 0 unspecified atom stereocenters. The molecule has 0 saturated carbocycles. The van der Waals surface area contributed by atoms with Crippen molar-refractivity contribution in [2.75, 3.05) is 7.11 Å². The number of carbonyl (C=O) groups is 1. The van der Waals surface area contributed by atoms with Crippen LogP contribution in [0.25, 0.3) is 6.08 Å². The number of hydrogen-bond donors (Lipinski definition) is 0. The van der Waals surface area contributed by atoms with Crippen LogP contribution >= 0.6 is 23.2 Å². The van der Waals surface area contributed by atoms with Crippen molar-refractivity contribution in [1.29, 1.82) is 0 Å². The summed E-state index contributed by atoms with van der Waals surface area (Å²) in [6.07, 6.45) is 1.56. The lowest BCUT2D eigenvalue weighted by atomic mass is 10.2. The third-order valence-electron chi connectivity index (χ3n) is 3.21. The Balaban J connectivity index is 2.00. The zero-order chi connectivity index (χ0) is 16.4. The molecule has 4 nitrogen and oxygen atoms in total. The van der Waals surface area contributed by atoms with Crippen LogP contribution in [0.15, 0.2) is 53.2 Å². The summed E-state index contributed by atoms with van der Waals surface area (Å²) >= 11 is 12.0. The fourth-order valence-electron chi connectivity index (χ4n) is 2.11. The van der Waals surface area contributed by atoms with Crippen molar-refractivity contribution in [3.05, 3.63) is 69.3 Å². The molecule has 1 aliphatic rings. The van der Waals surface area contributed by atoms with Gasteiger partial charge in [-0.25, -0.2) is 9.79 Å². The molecule has 0 saturated heterocycles. The molecule has 0 radical (unpaired) electrons. The van der Waals surface area contributed by atoms with Crippen LogP contribution in [0.1, 0.15) is 11.1 Å². The average molecular weight is 348 g/mol. The molecular formula is C17H11Cl2NO3. The van der Waals surface area contributed by atoms with E-state index in [1.54, 1.807) is 43.5 Å². The number of rotatable bonds is 3. The Morgan fingerprint density at radius 1 is 1.17 bits per heavy atom. The highest BCUT2D eigenvalue weighted by molar-refractivity contribution is 6.35. The summed E-state index contributed by atoms with van der Waals surface area (Å²) in [5, 5.41) is 0.947. The van der Waals surface area contributed by atoms with Crippen molar-refractivity contribution in [2.45, 2.75) is 0 Å². The van der Waals surface area contributed by atoms with Gasteiger partial charge in [-0.1, -0.05) is 41.4 Å². The first-order chi connectivity index (χ1) is 11.1. The highest BCUT2D eigenvalue weighted by Crippen LogP contribution is 2.27. The molecule has 6 heteroatoms. The Bertz CT molecular complexity index is 843. The number of halogens is 2. The van der Waals surface area contributed by atoms with Crippen LogP contribution in [0, 0.1) is 0 Å². The number of aliphatic imine (C=N–C) groups is 1. The second-order valence-electron chi connectivity index (χ2n) is 4.70. The van der Waals surface area contributed by atoms with Gasteiger partial charge in [0.25, 0.3) is 0 Å². The SMILES string of the molecule is COc1ccccc1C1=N/C(=C/c2ccc(Cl)cc2Cl)C(=O)O1. The lowest BCUT2D eigenvalue weighted by molar-refractivity contribution is -0.129. The molecule has 116 valence electrons. The summed E-state index contributed by atoms with van der Waals surface area (Å²) < 4.78 is 10.5. The van der Waals surface area contributed by atoms with E-state index in [2.05, 4.69) is 4.99 Å². The van der Waals surface area contributed by atoms with Gasteiger partial charge in [0.05, 0.1) is 12.7 Å². The van der Waals surface area contributed by atoms with Crippen molar-refractivity contribution in [3.63, 3.8) is 0 Å². The summed E-state index contributed by atoms with van der Waals surface area (Å²) in [6, 6.07) is 12.2. The quantitative estimate of drug-likeness (QED) is 0.612. The van der Waals surface area contributed by atoms with Crippen molar-refractivity contribution >= 4 is 41.1 Å². The molecule has 2 aromatic rings. The third kappa shape index (κ3) is 3.23. The number of carbonyl (C=O) groups excluding carboxylic acids is 1. The number of esters is 1. The maximum atomic E-state index is 12.0. The number of hydrogen-bond acceptors (Lipinski definition) is 4. The van der Waals surface area contributed by atoms with Gasteiger partial charge in [-0.3, -0.25) is 0 Å². The molecule has 0 spiro atoms. The summed E-state index contributed by atoms with van der Waals surface area (Å²) in [4.78, 5) is 16.3. The molecule has 0 amide bonds. The first-order valence-electron chi connectivity index (χ1n) is 6.69. The maximum Gasteiger partial charge on any atom is 0.363 e. The van der Waals surface area contributed by atoms with Crippen LogP contribution < -0.4 is 4.74 Å². The Hall–Kier alpha value is -2.30. The molecule has 0 bridgehead atoms. The topological polar surface area (TPSA) is 47.9 Å². The van der Waals surface area contributed by atoms with Crippen molar-refractivity contribution in [2.24, 2.45) is 4.99 Å². The second kappa shape index (κ2) is 6.44. The van der Waals surface area contributed by atoms with Crippen LogP contribution in [0.3, 0.4) is 0 Å². The Labute approximate surface area is 143 Å². The largest absolute Gasteiger partial charge is 0.496 e. The molecule has 0 N–H and O–H groups in total. The summed E-state index contributed by atoms with van der Waals surface area (Å²) in [5.74, 6) is 0.227. The van der Waals surface area contributed by atoms with E-state index in [1.165, 1.54) is 0 Å². The fraction of sp³-hybridized carbons (Fsp3) is 0.0588. The molecule has 2 aromatic carbocycles. The van der Waals surface area contributed by atoms with Crippen LogP contribution in [0.2, 0.25) is 10.0 Å². The smallest absolute Gasteiger partial charge is 0.363 e. The highest BCUT2D eigenvalue weighted by Gasteiger charge is 2.26. The van der Waals surface area contributed by atoms with Crippen LogP contribution in [-0.4, -0.2) is 19.0 Å². The van der Waals surface area contributed by atoms with Gasteiger partial charge < -0.3 is 9.47 Å². The Morgan fingerprint density at radius 2 is 1.96 bits per heavy atom. The number of methoxy groups -OCH3 is 1. The van der Waals surface area contributed by atoms with Crippen molar-refractivity contribution < 1.29 is 14.3 Å². The number of nitrogens with zero attached hydrogens (tertiary/aromatic N) is 1. The van der Waals surface area contributed by atoms with Gasteiger partial charge in [0.2, 0.25) is 5.90 Å². The molecule has 3 rings (SSSR count). The van der Waals surface area contributed by atoms with Gasteiger partial charge in [0.15, 0.2) is 5.70 Å². The molecule has 0 fully saturated rings. The molecule has 0 aliphatic carbocycles. The minimum Gasteiger partial charge on any atom is -0.496 e. The molecular weight excluding hydrogens is 337 g/mol. The fourth-order valence-corrected chi connectivity index (χ4v) is 2.57. The molecule has 1 aliphatic heterocycles. The first kappa shape index (κ1) is 15.6. The summed E-state index contributed by atoms with van der Waals surface area (Å²) in [6.45, 7) is 0. The standard InChI is InChI=1S/C17H11Cl2NO3/c1-22-15-5-3-2-4-12(15)16-20-14(17(21)23-16)8-10-6-7-11(18)9-13(10)19/h2-9H,1H3/b14-8+. The Kier molecular flexibility index (Phi) is 4.37. The van der Waals surface area contributed by atoms with Gasteiger partial charge in [-0.15, -0.1) is 0 Å². The van der Waals surface area contributed by atoms with E-state index in [-0.39, 0.29) is 11.6 Å². The molecule has 0 aromatic heterocycles. The second-order valence-corrected chi connectivity index (χ2v) is 5.55. The number of cyclic esters (lactones) is 1. The number of benzene rings is 2. The van der Waals surface area contributed by atoms with Gasteiger partial charge in [-0.05, 0) is 35.9 Å². The zero-order valence-electron chi connectivity index (χ0n) is 12.0. The van der Waals surface area contributed by atoms with E-state index in [0.717, 1.165) is 0 Å². The zero-order valence-corrected chi connectivity index (χ0v) is 13.6. The molecule has 0 atom stereocenters. The predicted molar refractivity (Wildman–Crippen MR) is 90.1 cm³/mol. The van der Waals surface area contributed by atoms with Gasteiger partial charge in [0, 0.05) is 10.0 Å². The Morgan fingerprint density at radius 3 is 2.70 bits per heavy atom. The maximum absolute atomic E-state index is 12.0. The van der Waals surface area contributed by atoms with Crippen LogP contribution in [0.5, 0.6) is 5.75 Å². The van der Waals surface area contributed by atoms with Crippen molar-refractivity contribution in [3.8, 4) is 5.75 Å². The number of para-hydroxylation sites is 1.